The second-order valence-electron chi connectivity index (χ2n) is 4.45. The van der Waals surface area contributed by atoms with Crippen LogP contribution >= 0.6 is 0 Å². The van der Waals surface area contributed by atoms with Gasteiger partial charge in [-0.05, 0) is 12.0 Å². The van der Waals surface area contributed by atoms with E-state index in [1.54, 1.807) is 0 Å². The Labute approximate surface area is 103 Å². The van der Waals surface area contributed by atoms with Crippen LogP contribution in [0.2, 0.25) is 0 Å². The number of hydrogen-bond donors (Lipinski definition) is 1. The molecule has 0 radical (unpaired) electrons. The van der Waals surface area contributed by atoms with Gasteiger partial charge in [-0.15, -0.1) is 0 Å². The number of ether oxygens (including phenoxy) is 1. The Morgan fingerprint density at radius 2 is 2.18 bits per heavy atom. The highest BCUT2D eigenvalue weighted by atomic mass is 16.5. The molecule has 1 heterocycles. The minimum absolute atomic E-state index is 0.280. The highest BCUT2D eigenvalue weighted by Gasteiger charge is 2.23. The highest BCUT2D eigenvalue weighted by Crippen LogP contribution is 2.15. The van der Waals surface area contributed by atoms with Gasteiger partial charge in [-0.2, -0.15) is 0 Å². The molecule has 3 nitrogen and oxygen atoms in total. The second-order valence-corrected chi connectivity index (χ2v) is 4.45. The third-order valence-corrected chi connectivity index (χ3v) is 3.19. The van der Waals surface area contributed by atoms with Crippen molar-refractivity contribution in [1.82, 2.24) is 4.90 Å². The van der Waals surface area contributed by atoms with Gasteiger partial charge in [0.1, 0.15) is 0 Å². The molecule has 0 saturated carbocycles. The molecule has 1 aromatic carbocycles. The molecule has 1 aliphatic heterocycles. The molecule has 17 heavy (non-hydrogen) atoms. The van der Waals surface area contributed by atoms with Crippen molar-refractivity contribution in [2.75, 3.05) is 13.1 Å². The molecule has 2 rings (SSSR count). The van der Waals surface area contributed by atoms with Gasteiger partial charge in [-0.25, -0.2) is 0 Å². The molecule has 1 atom stereocenters. The average molecular weight is 232 g/mol. The Bertz CT molecular complexity index is 364. The Morgan fingerprint density at radius 1 is 1.41 bits per heavy atom. The molecule has 1 N–H and O–H groups in total. The fourth-order valence-corrected chi connectivity index (χ4v) is 2.12. The summed E-state index contributed by atoms with van der Waals surface area (Å²) >= 11 is 0. The first-order valence-corrected chi connectivity index (χ1v) is 6.27. The summed E-state index contributed by atoms with van der Waals surface area (Å²) in [4.78, 5) is 2.12. The molecule has 1 fully saturated rings. The minimum Gasteiger partial charge on any atom is -0.372 e. The molecule has 1 aromatic rings. The van der Waals surface area contributed by atoms with Crippen LogP contribution in [0.4, 0.5) is 0 Å². The van der Waals surface area contributed by atoms with E-state index < -0.39 is 0 Å². The molecule has 92 valence electrons. The summed E-state index contributed by atoms with van der Waals surface area (Å²) in [5, 5.41) is 7.79. The van der Waals surface area contributed by atoms with E-state index in [0.29, 0.717) is 6.61 Å². The summed E-state index contributed by atoms with van der Waals surface area (Å²) in [5.41, 5.74) is 1.22. The number of likely N-dealkylation sites (tertiary alicyclic amines) is 1. The Hall–Kier alpha value is -1.35. The van der Waals surface area contributed by atoms with Gasteiger partial charge in [0.25, 0.3) is 0 Å². The topological polar surface area (TPSA) is 36.3 Å². The predicted molar refractivity (Wildman–Crippen MR) is 69.2 cm³/mol. The molecule has 0 aliphatic carbocycles. The monoisotopic (exact) mass is 232 g/mol. The van der Waals surface area contributed by atoms with Gasteiger partial charge >= 0.3 is 0 Å². The van der Waals surface area contributed by atoms with Crippen LogP contribution < -0.4 is 0 Å². The molecule has 1 unspecified atom stereocenters. The summed E-state index contributed by atoms with van der Waals surface area (Å²) in [6, 6.07) is 10.3. The largest absolute Gasteiger partial charge is 0.372 e. The van der Waals surface area contributed by atoms with Crippen molar-refractivity contribution in [3.63, 3.8) is 0 Å². The molecular weight excluding hydrogens is 212 g/mol. The van der Waals surface area contributed by atoms with Gasteiger partial charge < -0.3 is 9.64 Å². The van der Waals surface area contributed by atoms with Crippen LogP contribution in [0.3, 0.4) is 0 Å². The van der Waals surface area contributed by atoms with Crippen LogP contribution in [0.25, 0.3) is 0 Å². The molecule has 1 saturated heterocycles. The van der Waals surface area contributed by atoms with Crippen LogP contribution in [-0.4, -0.2) is 29.9 Å². The number of amidine groups is 1. The molecule has 0 aromatic heterocycles. The zero-order valence-corrected chi connectivity index (χ0v) is 10.4. The Kier molecular flexibility index (Phi) is 4.15. The van der Waals surface area contributed by atoms with Crippen molar-refractivity contribution in [1.29, 1.82) is 5.41 Å². The molecule has 0 spiro atoms. The Morgan fingerprint density at radius 3 is 2.88 bits per heavy atom. The van der Waals surface area contributed by atoms with Crippen LogP contribution in [0.5, 0.6) is 0 Å². The maximum Gasteiger partial charge on any atom is 0.0955 e. The van der Waals surface area contributed by atoms with Gasteiger partial charge in [0.2, 0.25) is 0 Å². The minimum atomic E-state index is 0.280. The van der Waals surface area contributed by atoms with Crippen molar-refractivity contribution in [3.8, 4) is 0 Å². The first-order valence-electron chi connectivity index (χ1n) is 6.27. The Balaban J connectivity index is 1.77. The van der Waals surface area contributed by atoms with E-state index in [0.717, 1.165) is 31.8 Å². The predicted octanol–water partition coefficient (Wildman–Crippen LogP) is 2.66. The van der Waals surface area contributed by atoms with Gasteiger partial charge in [0, 0.05) is 19.5 Å². The molecule has 1 aliphatic rings. The number of nitrogens with one attached hydrogen (secondary N) is 1. The number of hydrogen-bond acceptors (Lipinski definition) is 2. The van der Waals surface area contributed by atoms with E-state index in [1.807, 2.05) is 25.1 Å². The highest BCUT2D eigenvalue weighted by molar-refractivity contribution is 5.79. The van der Waals surface area contributed by atoms with Crippen molar-refractivity contribution >= 4 is 5.84 Å². The van der Waals surface area contributed by atoms with Crippen LogP contribution in [0.15, 0.2) is 30.3 Å². The van der Waals surface area contributed by atoms with E-state index >= 15 is 0 Å². The summed E-state index contributed by atoms with van der Waals surface area (Å²) in [6.45, 7) is 4.55. The van der Waals surface area contributed by atoms with E-state index in [4.69, 9.17) is 10.1 Å². The van der Waals surface area contributed by atoms with Crippen molar-refractivity contribution in [2.45, 2.75) is 32.5 Å². The second kappa shape index (κ2) is 5.82. The van der Waals surface area contributed by atoms with Crippen molar-refractivity contribution < 1.29 is 4.74 Å². The van der Waals surface area contributed by atoms with E-state index in [-0.39, 0.29) is 6.10 Å². The molecule has 3 heteroatoms. The number of rotatable bonds is 4. The summed E-state index contributed by atoms with van der Waals surface area (Å²) in [5.74, 6) is 0.732. The van der Waals surface area contributed by atoms with E-state index in [2.05, 4.69) is 17.0 Å². The van der Waals surface area contributed by atoms with Crippen LogP contribution in [-0.2, 0) is 11.3 Å². The third kappa shape index (κ3) is 3.30. The van der Waals surface area contributed by atoms with Crippen LogP contribution in [0, 0.1) is 5.41 Å². The lowest BCUT2D eigenvalue weighted by atomic mass is 10.2. The lowest BCUT2D eigenvalue weighted by molar-refractivity contribution is 0.0502. The van der Waals surface area contributed by atoms with Crippen LogP contribution in [0.1, 0.15) is 25.3 Å². The number of nitrogens with zero attached hydrogens (tertiary/aromatic N) is 1. The standard InChI is InChI=1S/C14H20N2O/c1-2-14(15)16-9-8-13(10-16)17-11-12-6-4-3-5-7-12/h3-7,13,15H,2,8-11H2,1H3. The summed E-state index contributed by atoms with van der Waals surface area (Å²) in [7, 11) is 0. The zero-order valence-electron chi connectivity index (χ0n) is 10.4. The molecule has 0 bridgehead atoms. The first-order chi connectivity index (χ1) is 8.29. The lowest BCUT2D eigenvalue weighted by Gasteiger charge is -2.18. The van der Waals surface area contributed by atoms with Crippen molar-refractivity contribution in [2.24, 2.45) is 0 Å². The first kappa shape index (κ1) is 12.1. The van der Waals surface area contributed by atoms with Gasteiger partial charge in [0.15, 0.2) is 0 Å². The number of benzene rings is 1. The third-order valence-electron chi connectivity index (χ3n) is 3.19. The summed E-state index contributed by atoms with van der Waals surface area (Å²) in [6.07, 6.45) is 2.13. The van der Waals surface area contributed by atoms with Crippen molar-refractivity contribution in [3.05, 3.63) is 35.9 Å². The van der Waals surface area contributed by atoms with Gasteiger partial charge in [-0.3, -0.25) is 5.41 Å². The quantitative estimate of drug-likeness (QED) is 0.640. The zero-order chi connectivity index (χ0) is 12.1. The maximum atomic E-state index is 7.79. The summed E-state index contributed by atoms with van der Waals surface area (Å²) < 4.78 is 5.88. The van der Waals surface area contributed by atoms with Gasteiger partial charge in [0.05, 0.1) is 18.5 Å². The average Bonchev–Trinajstić information content (AvgIpc) is 2.85. The smallest absolute Gasteiger partial charge is 0.0955 e. The molecular formula is C14H20N2O. The fraction of sp³-hybridized carbons (Fsp3) is 0.500. The fourth-order valence-electron chi connectivity index (χ4n) is 2.12. The normalized spacial score (nSPS) is 19.6. The maximum absolute atomic E-state index is 7.79. The lowest BCUT2D eigenvalue weighted by Crippen LogP contribution is -2.28. The SMILES string of the molecule is CCC(=N)N1CCC(OCc2ccccc2)C1. The van der Waals surface area contributed by atoms with E-state index in [9.17, 15) is 0 Å². The van der Waals surface area contributed by atoms with E-state index in [1.165, 1.54) is 5.56 Å². The van der Waals surface area contributed by atoms with Gasteiger partial charge in [-0.1, -0.05) is 37.3 Å². The molecule has 0 amide bonds.